The number of nitrogens with zero attached hydrogens (tertiary/aromatic N) is 1. The van der Waals surface area contributed by atoms with Crippen molar-refractivity contribution in [3.8, 4) is 0 Å². The molecule has 0 aliphatic carbocycles. The van der Waals surface area contributed by atoms with Gasteiger partial charge in [0, 0.05) is 55.7 Å². The minimum absolute atomic E-state index is 0. The second-order valence-corrected chi connectivity index (χ2v) is 5.02. The molecular weight excluding hydrogens is 265 g/mol. The number of nitrogens with two attached hydrogens (primary N) is 2. The van der Waals surface area contributed by atoms with Crippen LogP contribution < -0.4 is 11.5 Å². The molecule has 115 valence electrons. The van der Waals surface area contributed by atoms with Gasteiger partial charge in [0.1, 0.15) is 6.04 Å². The summed E-state index contributed by atoms with van der Waals surface area (Å²) in [5.41, 5.74) is 11.1. The maximum atomic E-state index is 11.3. The van der Waals surface area contributed by atoms with E-state index in [1.165, 1.54) is 25.7 Å². The van der Waals surface area contributed by atoms with Gasteiger partial charge < -0.3 is 16.6 Å². The van der Waals surface area contributed by atoms with E-state index in [9.17, 15) is 9.90 Å². The van der Waals surface area contributed by atoms with Gasteiger partial charge in [-0.3, -0.25) is 9.69 Å². The summed E-state index contributed by atoms with van der Waals surface area (Å²) >= 11 is 0. The van der Waals surface area contributed by atoms with Crippen molar-refractivity contribution >= 4 is 35.5 Å². The van der Waals surface area contributed by atoms with E-state index in [0.29, 0.717) is 32.6 Å². The second-order valence-electron chi connectivity index (χ2n) is 5.02. The molecule has 0 aromatic rings. The average molecular weight is 296 g/mol. The number of carboxylic acids is 1. The van der Waals surface area contributed by atoms with Crippen LogP contribution in [0.25, 0.3) is 0 Å². The van der Waals surface area contributed by atoms with Gasteiger partial charge in [0.25, 0.3) is 0 Å². The van der Waals surface area contributed by atoms with Crippen molar-refractivity contribution in [3.63, 3.8) is 0 Å². The van der Waals surface area contributed by atoms with E-state index in [4.69, 9.17) is 11.5 Å². The molecule has 1 radical (unpaired) electrons. The molecule has 20 heavy (non-hydrogen) atoms. The summed E-state index contributed by atoms with van der Waals surface area (Å²) in [7, 11) is 0. The zero-order valence-corrected chi connectivity index (χ0v) is 15.3. The molecule has 5 nitrogen and oxygen atoms in total. The van der Waals surface area contributed by atoms with Crippen molar-refractivity contribution in [2.24, 2.45) is 11.5 Å². The number of carbonyl (C=O) groups is 1. The first-order valence-electron chi connectivity index (χ1n) is 7.54. The molecular formula is C14H31N3NaO2. The number of hydrogen-bond acceptors (Lipinski definition) is 4. The van der Waals surface area contributed by atoms with Crippen LogP contribution in [0.3, 0.4) is 0 Å². The Bertz CT molecular complexity index is 224. The van der Waals surface area contributed by atoms with Gasteiger partial charge in [-0.1, -0.05) is 45.4 Å². The Morgan fingerprint density at radius 2 is 1.55 bits per heavy atom. The first-order chi connectivity index (χ1) is 9.17. The second kappa shape index (κ2) is 15.7. The SMILES string of the molecule is CCCCCCCCC(C(=O)O)N(CCN)CCN.[Na]. The van der Waals surface area contributed by atoms with Gasteiger partial charge in [-0.2, -0.15) is 0 Å². The van der Waals surface area contributed by atoms with Crippen LogP contribution in [-0.2, 0) is 4.79 Å². The molecule has 0 aliphatic rings. The monoisotopic (exact) mass is 296 g/mol. The zero-order chi connectivity index (χ0) is 14.5. The Kier molecular flexibility index (Phi) is 17.8. The van der Waals surface area contributed by atoms with Crippen molar-refractivity contribution in [2.45, 2.75) is 57.9 Å². The van der Waals surface area contributed by atoms with Crippen LogP contribution in [0, 0.1) is 0 Å². The molecule has 0 amide bonds. The van der Waals surface area contributed by atoms with Gasteiger partial charge in [0.05, 0.1) is 0 Å². The number of rotatable bonds is 13. The van der Waals surface area contributed by atoms with Gasteiger partial charge in [-0.05, 0) is 6.42 Å². The first-order valence-corrected chi connectivity index (χ1v) is 7.54. The largest absolute Gasteiger partial charge is 0.480 e. The van der Waals surface area contributed by atoms with E-state index >= 15 is 0 Å². The Labute approximate surface area is 145 Å². The Balaban J connectivity index is 0. The minimum Gasteiger partial charge on any atom is -0.480 e. The number of hydrogen-bond donors (Lipinski definition) is 3. The predicted octanol–water partition coefficient (Wildman–Crippen LogP) is 1.03. The summed E-state index contributed by atoms with van der Waals surface area (Å²) in [6.45, 7) is 4.34. The molecule has 0 rings (SSSR count). The van der Waals surface area contributed by atoms with Gasteiger partial charge >= 0.3 is 5.97 Å². The van der Waals surface area contributed by atoms with Gasteiger partial charge in [-0.25, -0.2) is 0 Å². The number of carboxylic acid groups (broad SMARTS) is 1. The van der Waals surface area contributed by atoms with Crippen molar-refractivity contribution < 1.29 is 9.90 Å². The minimum atomic E-state index is -0.754. The molecule has 0 fully saturated rings. The van der Waals surface area contributed by atoms with E-state index in [1.54, 1.807) is 0 Å². The molecule has 0 saturated heterocycles. The van der Waals surface area contributed by atoms with Crippen LogP contribution in [-0.4, -0.2) is 77.8 Å². The van der Waals surface area contributed by atoms with Gasteiger partial charge in [0.15, 0.2) is 0 Å². The molecule has 1 unspecified atom stereocenters. The van der Waals surface area contributed by atoms with Gasteiger partial charge in [-0.15, -0.1) is 0 Å². The topological polar surface area (TPSA) is 92.6 Å². The molecule has 6 heteroatoms. The van der Waals surface area contributed by atoms with Crippen molar-refractivity contribution in [3.05, 3.63) is 0 Å². The molecule has 1 atom stereocenters. The Morgan fingerprint density at radius 1 is 1.05 bits per heavy atom. The molecule has 0 bridgehead atoms. The molecule has 0 aromatic carbocycles. The molecule has 5 N–H and O–H groups in total. The summed E-state index contributed by atoms with van der Waals surface area (Å²) in [6, 6.07) is -0.432. The number of aliphatic carboxylic acids is 1. The molecule has 0 heterocycles. The van der Waals surface area contributed by atoms with Crippen LogP contribution in [0.5, 0.6) is 0 Å². The smallest absolute Gasteiger partial charge is 0.320 e. The summed E-state index contributed by atoms with van der Waals surface area (Å²) < 4.78 is 0. The fourth-order valence-corrected chi connectivity index (χ4v) is 2.34. The fraction of sp³-hybridized carbons (Fsp3) is 0.929. The average Bonchev–Trinajstić information content (AvgIpc) is 2.37. The van der Waals surface area contributed by atoms with Crippen molar-refractivity contribution in [2.75, 3.05) is 26.2 Å². The normalized spacial score (nSPS) is 12.2. The zero-order valence-electron chi connectivity index (χ0n) is 13.3. The van der Waals surface area contributed by atoms with Crippen molar-refractivity contribution in [1.82, 2.24) is 4.90 Å². The maximum Gasteiger partial charge on any atom is 0.320 e. The van der Waals surface area contributed by atoms with E-state index in [1.807, 2.05) is 4.90 Å². The molecule has 0 aliphatic heterocycles. The fourth-order valence-electron chi connectivity index (χ4n) is 2.34. The first kappa shape index (κ1) is 22.6. The molecule has 0 saturated carbocycles. The van der Waals surface area contributed by atoms with Crippen LogP contribution in [0.1, 0.15) is 51.9 Å². The summed E-state index contributed by atoms with van der Waals surface area (Å²) in [5, 5.41) is 9.31. The quantitative estimate of drug-likeness (QED) is 0.349. The number of unbranched alkanes of at least 4 members (excludes halogenated alkanes) is 5. The van der Waals surface area contributed by atoms with Crippen LogP contribution >= 0.6 is 0 Å². The summed E-state index contributed by atoms with van der Waals surface area (Å²) in [6.07, 6.45) is 7.74. The third-order valence-electron chi connectivity index (χ3n) is 3.39. The summed E-state index contributed by atoms with van der Waals surface area (Å²) in [5.74, 6) is -0.754. The van der Waals surface area contributed by atoms with Crippen molar-refractivity contribution in [1.29, 1.82) is 0 Å². The predicted molar refractivity (Wildman–Crippen MR) is 84.9 cm³/mol. The standard InChI is InChI=1S/C14H31N3O2.Na/c1-2-3-4-5-6-7-8-13(14(18)19)17(11-9-15)12-10-16;/h13H,2-12,15-16H2,1H3,(H,18,19);. The third kappa shape index (κ3) is 11.1. The van der Waals surface area contributed by atoms with E-state index < -0.39 is 12.0 Å². The molecule has 0 spiro atoms. The van der Waals surface area contributed by atoms with E-state index in [2.05, 4.69) is 6.92 Å². The maximum absolute atomic E-state index is 11.3. The Hall–Kier alpha value is 0.350. The van der Waals surface area contributed by atoms with Crippen LogP contribution in [0.2, 0.25) is 0 Å². The third-order valence-corrected chi connectivity index (χ3v) is 3.39. The molecule has 0 aromatic heterocycles. The van der Waals surface area contributed by atoms with Gasteiger partial charge in [0.2, 0.25) is 0 Å². The summed E-state index contributed by atoms with van der Waals surface area (Å²) in [4.78, 5) is 13.2. The van der Waals surface area contributed by atoms with E-state index in [-0.39, 0.29) is 29.6 Å². The Morgan fingerprint density at radius 3 is 2.00 bits per heavy atom. The van der Waals surface area contributed by atoms with Crippen LogP contribution in [0.15, 0.2) is 0 Å². The van der Waals surface area contributed by atoms with E-state index in [0.717, 1.165) is 12.8 Å². The van der Waals surface area contributed by atoms with Crippen LogP contribution in [0.4, 0.5) is 0 Å².